The Hall–Kier alpha value is -0.630. The van der Waals surface area contributed by atoms with E-state index < -0.39 is 10.0 Å². The van der Waals surface area contributed by atoms with Gasteiger partial charge in [-0.25, -0.2) is 13.6 Å². The molecule has 0 fully saturated rings. The van der Waals surface area contributed by atoms with Crippen LogP contribution in [-0.4, -0.2) is 40.6 Å². The van der Waals surface area contributed by atoms with Crippen LogP contribution < -0.4 is 9.88 Å². The molecular weight excluding hydrogens is 308 g/mol. The van der Waals surface area contributed by atoms with E-state index in [0.29, 0.717) is 16.8 Å². The molecule has 0 aliphatic heterocycles. The van der Waals surface area contributed by atoms with Crippen molar-refractivity contribution in [2.45, 2.75) is 4.90 Å². The van der Waals surface area contributed by atoms with Crippen LogP contribution in [-0.2, 0) is 10.0 Å². The highest BCUT2D eigenvalue weighted by Gasteiger charge is 2.10. The molecule has 1 aromatic rings. The molecule has 0 aliphatic carbocycles. The molecule has 5 nitrogen and oxygen atoms in total. The van der Waals surface area contributed by atoms with Gasteiger partial charge in [0.15, 0.2) is 0 Å². The largest absolute Gasteiger partial charge is 0.491 e. The fourth-order valence-electron chi connectivity index (χ4n) is 1.11. The zero-order valence-electron chi connectivity index (χ0n) is 9.68. The van der Waals surface area contributed by atoms with Gasteiger partial charge in [0.05, 0.1) is 9.37 Å². The van der Waals surface area contributed by atoms with Gasteiger partial charge in [-0.3, -0.25) is 0 Å². The molecule has 96 valence electrons. The first kappa shape index (κ1) is 14.4. The smallest absolute Gasteiger partial charge is 0.238 e. The number of nitrogens with zero attached hydrogens (tertiary/aromatic N) is 1. The number of halogens is 1. The van der Waals surface area contributed by atoms with Crippen molar-refractivity contribution in [1.82, 2.24) is 4.90 Å². The minimum atomic E-state index is -3.67. The molecule has 1 aromatic carbocycles. The normalized spacial score (nSPS) is 11.8. The van der Waals surface area contributed by atoms with Gasteiger partial charge in [-0.15, -0.1) is 0 Å². The van der Waals surface area contributed by atoms with Crippen molar-refractivity contribution in [2.75, 3.05) is 27.2 Å². The van der Waals surface area contributed by atoms with Crippen LogP contribution in [0.15, 0.2) is 27.6 Å². The monoisotopic (exact) mass is 322 g/mol. The maximum Gasteiger partial charge on any atom is 0.238 e. The average Bonchev–Trinajstić information content (AvgIpc) is 2.18. The number of likely N-dealkylation sites (N-methyl/N-ethyl adjacent to an activating group) is 1. The van der Waals surface area contributed by atoms with Crippen molar-refractivity contribution in [3.05, 3.63) is 22.7 Å². The fraction of sp³-hybridized carbons (Fsp3) is 0.400. The first-order chi connectivity index (χ1) is 7.80. The van der Waals surface area contributed by atoms with Crippen LogP contribution in [0.1, 0.15) is 0 Å². The summed E-state index contributed by atoms with van der Waals surface area (Å²) in [7, 11) is 0.224. The van der Waals surface area contributed by atoms with E-state index in [1.54, 1.807) is 6.07 Å². The lowest BCUT2D eigenvalue weighted by Gasteiger charge is -2.12. The van der Waals surface area contributed by atoms with Crippen LogP contribution in [0.2, 0.25) is 0 Å². The molecular formula is C10H15BrN2O3S. The maximum atomic E-state index is 11.1. The molecule has 1 rings (SSSR count). The van der Waals surface area contributed by atoms with Crippen molar-refractivity contribution < 1.29 is 13.2 Å². The Bertz CT molecular complexity index is 488. The number of benzene rings is 1. The van der Waals surface area contributed by atoms with Gasteiger partial charge < -0.3 is 9.64 Å². The summed E-state index contributed by atoms with van der Waals surface area (Å²) in [5.74, 6) is 0.597. The maximum absolute atomic E-state index is 11.1. The molecule has 0 aliphatic rings. The zero-order chi connectivity index (χ0) is 13.1. The molecule has 0 saturated carbocycles. The third-order valence-electron chi connectivity index (χ3n) is 2.03. The van der Waals surface area contributed by atoms with Gasteiger partial charge in [-0.1, -0.05) is 0 Å². The van der Waals surface area contributed by atoms with E-state index in [-0.39, 0.29) is 4.90 Å². The first-order valence-corrected chi connectivity index (χ1v) is 7.24. The Labute approximate surface area is 110 Å². The summed E-state index contributed by atoms with van der Waals surface area (Å²) in [6, 6.07) is 4.44. The second-order valence-corrected chi connectivity index (χ2v) is 6.20. The van der Waals surface area contributed by atoms with E-state index in [2.05, 4.69) is 15.9 Å². The molecule has 0 saturated heterocycles. The van der Waals surface area contributed by atoms with Crippen LogP contribution in [0.3, 0.4) is 0 Å². The average molecular weight is 323 g/mol. The quantitative estimate of drug-likeness (QED) is 0.879. The molecule has 2 N–H and O–H groups in total. The standard InChI is InChI=1S/C10H15BrN2O3S/c1-13(2)5-6-16-10-4-3-8(7-9(10)11)17(12,14)15/h3-4,7H,5-6H2,1-2H3,(H2,12,14,15). The van der Waals surface area contributed by atoms with Gasteiger partial charge >= 0.3 is 0 Å². The zero-order valence-corrected chi connectivity index (χ0v) is 12.1. The molecule has 0 radical (unpaired) electrons. The van der Waals surface area contributed by atoms with E-state index in [9.17, 15) is 8.42 Å². The van der Waals surface area contributed by atoms with E-state index >= 15 is 0 Å². The van der Waals surface area contributed by atoms with Crippen LogP contribution in [0.4, 0.5) is 0 Å². The molecule has 0 atom stereocenters. The Morgan fingerprint density at radius 2 is 2.06 bits per heavy atom. The van der Waals surface area contributed by atoms with E-state index in [1.165, 1.54) is 12.1 Å². The summed E-state index contributed by atoms with van der Waals surface area (Å²) >= 11 is 3.25. The van der Waals surface area contributed by atoms with Gasteiger partial charge in [0, 0.05) is 6.54 Å². The summed E-state index contributed by atoms with van der Waals surface area (Å²) < 4.78 is 28.3. The molecule has 0 amide bonds. The van der Waals surface area contributed by atoms with Crippen molar-refractivity contribution in [2.24, 2.45) is 5.14 Å². The highest BCUT2D eigenvalue weighted by Crippen LogP contribution is 2.27. The second-order valence-electron chi connectivity index (χ2n) is 3.79. The third kappa shape index (κ3) is 4.63. The highest BCUT2D eigenvalue weighted by molar-refractivity contribution is 9.10. The van der Waals surface area contributed by atoms with Crippen LogP contribution in [0.25, 0.3) is 0 Å². The number of primary sulfonamides is 1. The Balaban J connectivity index is 2.77. The second kappa shape index (κ2) is 5.81. The Morgan fingerprint density at radius 3 is 2.53 bits per heavy atom. The topological polar surface area (TPSA) is 72.6 Å². The Morgan fingerprint density at radius 1 is 1.41 bits per heavy atom. The van der Waals surface area contributed by atoms with Crippen molar-refractivity contribution in [3.63, 3.8) is 0 Å². The van der Waals surface area contributed by atoms with Gasteiger partial charge in [-0.2, -0.15) is 0 Å². The van der Waals surface area contributed by atoms with E-state index in [0.717, 1.165) is 6.54 Å². The third-order valence-corrected chi connectivity index (χ3v) is 3.56. The summed E-state index contributed by atoms with van der Waals surface area (Å²) in [5, 5.41) is 5.02. The number of hydrogen-bond acceptors (Lipinski definition) is 4. The van der Waals surface area contributed by atoms with Crippen molar-refractivity contribution >= 4 is 26.0 Å². The fourth-order valence-corrected chi connectivity index (χ4v) is 2.30. The lowest BCUT2D eigenvalue weighted by atomic mass is 10.3. The number of nitrogens with two attached hydrogens (primary N) is 1. The van der Waals surface area contributed by atoms with E-state index in [4.69, 9.17) is 9.88 Å². The predicted molar refractivity (Wildman–Crippen MR) is 69.6 cm³/mol. The number of ether oxygens (including phenoxy) is 1. The SMILES string of the molecule is CN(C)CCOc1ccc(S(N)(=O)=O)cc1Br. The molecule has 7 heteroatoms. The molecule has 0 bridgehead atoms. The molecule has 0 spiro atoms. The first-order valence-electron chi connectivity index (χ1n) is 4.90. The molecule has 17 heavy (non-hydrogen) atoms. The lowest BCUT2D eigenvalue weighted by Crippen LogP contribution is -2.19. The van der Waals surface area contributed by atoms with Crippen molar-refractivity contribution in [1.29, 1.82) is 0 Å². The van der Waals surface area contributed by atoms with Crippen LogP contribution in [0, 0.1) is 0 Å². The minimum Gasteiger partial charge on any atom is -0.491 e. The summed E-state index contributed by atoms with van der Waals surface area (Å²) in [4.78, 5) is 2.05. The summed E-state index contributed by atoms with van der Waals surface area (Å²) in [6.07, 6.45) is 0. The predicted octanol–water partition coefficient (Wildman–Crippen LogP) is 1.04. The lowest BCUT2D eigenvalue weighted by molar-refractivity contribution is 0.260. The van der Waals surface area contributed by atoms with Crippen LogP contribution in [0.5, 0.6) is 5.75 Å². The summed E-state index contributed by atoms with van der Waals surface area (Å²) in [6.45, 7) is 1.31. The molecule has 0 heterocycles. The van der Waals surface area contributed by atoms with Gasteiger partial charge in [0.1, 0.15) is 12.4 Å². The van der Waals surface area contributed by atoms with Gasteiger partial charge in [0.25, 0.3) is 0 Å². The Kier molecular flexibility index (Phi) is 4.93. The summed E-state index contributed by atoms with van der Waals surface area (Å²) in [5.41, 5.74) is 0. The number of hydrogen-bond donors (Lipinski definition) is 1. The number of sulfonamides is 1. The minimum absolute atomic E-state index is 0.0596. The molecule has 0 aromatic heterocycles. The highest BCUT2D eigenvalue weighted by atomic mass is 79.9. The van der Waals surface area contributed by atoms with Gasteiger partial charge in [-0.05, 0) is 48.2 Å². The number of rotatable bonds is 5. The molecule has 0 unspecified atom stereocenters. The van der Waals surface area contributed by atoms with Crippen molar-refractivity contribution in [3.8, 4) is 5.75 Å². The van der Waals surface area contributed by atoms with Gasteiger partial charge in [0.2, 0.25) is 10.0 Å². The van der Waals surface area contributed by atoms with Crippen LogP contribution >= 0.6 is 15.9 Å². The van der Waals surface area contributed by atoms with E-state index in [1.807, 2.05) is 19.0 Å².